The summed E-state index contributed by atoms with van der Waals surface area (Å²) in [5.74, 6) is 6.57. The molecule has 0 aliphatic carbocycles. The molecule has 0 unspecified atom stereocenters. The first-order valence-corrected chi connectivity index (χ1v) is 14.4. The highest BCUT2D eigenvalue weighted by molar-refractivity contribution is 5.93. The molecule has 0 spiro atoms. The van der Waals surface area contributed by atoms with Gasteiger partial charge in [-0.05, 0) is 80.0 Å². The predicted molar refractivity (Wildman–Crippen MR) is 164 cm³/mol. The smallest absolute Gasteiger partial charge is 0.298 e. The fourth-order valence-electron chi connectivity index (χ4n) is 5.14. The largest absolute Gasteiger partial charge is 0.493 e. The van der Waals surface area contributed by atoms with Crippen molar-refractivity contribution in [3.63, 3.8) is 0 Å². The van der Waals surface area contributed by atoms with E-state index in [1.807, 2.05) is 48.5 Å². The molecule has 6 bridgehead atoms. The van der Waals surface area contributed by atoms with Crippen LogP contribution in [0.15, 0.2) is 66.9 Å². The third-order valence-corrected chi connectivity index (χ3v) is 7.24. The molecule has 2 aliphatic rings. The van der Waals surface area contributed by atoms with Crippen LogP contribution in [0, 0.1) is 17.8 Å². The number of nitrogens with zero attached hydrogens (tertiary/aromatic N) is 3. The topological polar surface area (TPSA) is 108 Å². The maximum absolute atomic E-state index is 13.1. The molecule has 2 aliphatic heterocycles. The highest BCUT2D eigenvalue weighted by Crippen LogP contribution is 2.27. The fraction of sp³-hybridized carbons (Fsp3) is 0.333. The van der Waals surface area contributed by atoms with Gasteiger partial charge in [0.05, 0.1) is 12.3 Å². The second-order valence-electron chi connectivity index (χ2n) is 10.4. The summed E-state index contributed by atoms with van der Waals surface area (Å²) in [6, 6.07) is 15.7. The molecule has 0 saturated carbocycles. The van der Waals surface area contributed by atoms with E-state index in [1.165, 1.54) is 0 Å². The number of carbonyl (C=O) groups is 2. The Bertz CT molecular complexity index is 1500. The summed E-state index contributed by atoms with van der Waals surface area (Å²) in [5, 5.41) is 9.85. The average Bonchev–Trinajstić information content (AvgIpc) is 2.99. The van der Waals surface area contributed by atoms with E-state index in [9.17, 15) is 9.59 Å². The molecule has 0 atom stereocenters. The Balaban J connectivity index is 1.31. The summed E-state index contributed by atoms with van der Waals surface area (Å²) < 4.78 is 5.93. The van der Waals surface area contributed by atoms with Gasteiger partial charge in [-0.3, -0.25) is 9.59 Å². The first-order chi connectivity index (χ1) is 20.6. The van der Waals surface area contributed by atoms with Crippen LogP contribution in [0.1, 0.15) is 38.2 Å². The van der Waals surface area contributed by atoms with Crippen LogP contribution in [-0.2, 0) is 16.1 Å². The maximum Gasteiger partial charge on any atom is 0.298 e. The lowest BCUT2D eigenvalue weighted by Crippen LogP contribution is -2.38. The number of nitrogens with one attached hydrogen (secondary N) is 3. The van der Waals surface area contributed by atoms with Crippen LogP contribution >= 0.6 is 0 Å². The summed E-state index contributed by atoms with van der Waals surface area (Å²) in [7, 11) is 0. The zero-order valence-electron chi connectivity index (χ0n) is 23.9. The number of hydrogen-bond acceptors (Lipinski definition) is 7. The van der Waals surface area contributed by atoms with Crippen LogP contribution < -0.4 is 20.7 Å². The van der Waals surface area contributed by atoms with Gasteiger partial charge >= 0.3 is 0 Å². The number of piperidine rings is 1. The van der Waals surface area contributed by atoms with Gasteiger partial charge in [-0.25, -0.2) is 9.97 Å². The third kappa shape index (κ3) is 8.18. The molecule has 1 aromatic heterocycles. The summed E-state index contributed by atoms with van der Waals surface area (Å²) in [5.41, 5.74) is 4.22. The number of aromatic nitrogens is 2. The Labute approximate surface area is 246 Å². The number of carbonyl (C=O) groups excluding carboxylic acids is 2. The Hall–Kier alpha value is -4.68. The lowest BCUT2D eigenvalue weighted by Gasteiger charge is -2.30. The highest BCUT2D eigenvalue weighted by atomic mass is 16.5. The van der Waals surface area contributed by atoms with Crippen molar-refractivity contribution in [1.29, 1.82) is 0 Å². The monoisotopic (exact) mass is 564 g/mol. The Morgan fingerprint density at radius 3 is 2.86 bits per heavy atom. The molecule has 216 valence electrons. The Kier molecular flexibility index (Phi) is 9.81. The number of anilines is 3. The van der Waals surface area contributed by atoms with Gasteiger partial charge in [0.2, 0.25) is 11.9 Å². The zero-order valence-corrected chi connectivity index (χ0v) is 23.9. The van der Waals surface area contributed by atoms with Gasteiger partial charge in [0.25, 0.3) is 5.91 Å². The standard InChI is InChI=1S/C33H36N6O3/c1-2-7-32(41)39-15-11-24(12-16-39)20-31(40)36-27-18-25-19-28(22-27)37-33-35-14-10-30(38-33)26-8-6-9-29(21-26)42-17-5-3-4-13-34-23-25/h3-4,6,8-10,14,18-19,21-22,24,34H,5,11-13,15-17,20,23H2,1H3,(H,36,40)(H,35,37,38)/b4-3+. The number of hydrogen-bond donors (Lipinski definition) is 3. The number of fused-ring (bicyclic) bond motifs is 7. The third-order valence-electron chi connectivity index (χ3n) is 7.24. The van der Waals surface area contributed by atoms with Crippen LogP contribution in [0.3, 0.4) is 0 Å². The van der Waals surface area contributed by atoms with Gasteiger partial charge in [-0.2, -0.15) is 0 Å². The number of rotatable bonds is 3. The van der Waals surface area contributed by atoms with Crippen molar-refractivity contribution in [3.05, 3.63) is 72.4 Å². The second kappa shape index (κ2) is 14.3. The lowest BCUT2D eigenvalue weighted by molar-refractivity contribution is -0.126. The molecule has 2 aromatic carbocycles. The predicted octanol–water partition coefficient (Wildman–Crippen LogP) is 4.91. The zero-order chi connectivity index (χ0) is 29.1. The molecule has 1 fully saturated rings. The quantitative estimate of drug-likeness (QED) is 0.307. The second-order valence-corrected chi connectivity index (χ2v) is 10.4. The number of benzene rings is 2. The van der Waals surface area contributed by atoms with Crippen molar-refractivity contribution in [2.24, 2.45) is 5.92 Å². The van der Waals surface area contributed by atoms with Gasteiger partial charge in [0, 0.05) is 55.7 Å². The van der Waals surface area contributed by atoms with Gasteiger partial charge in [-0.1, -0.05) is 30.2 Å². The van der Waals surface area contributed by atoms with Gasteiger partial charge in [0.1, 0.15) is 5.75 Å². The molecule has 9 heteroatoms. The van der Waals surface area contributed by atoms with Gasteiger partial charge in [0.15, 0.2) is 0 Å². The number of ether oxygens (including phenoxy) is 1. The van der Waals surface area contributed by atoms with Crippen molar-refractivity contribution < 1.29 is 14.3 Å². The minimum absolute atomic E-state index is 0.0399. The first kappa shape index (κ1) is 28.8. The van der Waals surface area contributed by atoms with Crippen LogP contribution in [0.5, 0.6) is 5.75 Å². The van der Waals surface area contributed by atoms with E-state index in [2.05, 4.69) is 44.9 Å². The Morgan fingerprint density at radius 2 is 2.00 bits per heavy atom. The molecule has 3 N–H and O–H groups in total. The normalized spacial score (nSPS) is 16.4. The van der Waals surface area contributed by atoms with Crippen molar-refractivity contribution >= 4 is 29.1 Å². The van der Waals surface area contributed by atoms with Crippen molar-refractivity contribution in [3.8, 4) is 28.8 Å². The molecule has 1 saturated heterocycles. The SMILES string of the molecule is CC#CC(=O)N1CCC(CC(=O)Nc2cc3cc(c2)Nc2nccc(n2)-c2cccc(c2)OCC/C=C/CNC3)CC1. The number of likely N-dealkylation sites (tertiary alicyclic amines) is 1. The van der Waals surface area contributed by atoms with Gasteiger partial charge < -0.3 is 25.6 Å². The van der Waals surface area contributed by atoms with E-state index in [-0.39, 0.29) is 17.7 Å². The number of amides is 2. The highest BCUT2D eigenvalue weighted by Gasteiger charge is 2.24. The van der Waals surface area contributed by atoms with E-state index >= 15 is 0 Å². The molecular weight excluding hydrogens is 528 g/mol. The van der Waals surface area contributed by atoms with Gasteiger partial charge in [-0.15, -0.1) is 0 Å². The first-order valence-electron chi connectivity index (χ1n) is 14.4. The Morgan fingerprint density at radius 1 is 1.12 bits per heavy atom. The minimum atomic E-state index is -0.137. The molecule has 3 heterocycles. The van der Waals surface area contributed by atoms with Crippen LogP contribution in [0.2, 0.25) is 0 Å². The summed E-state index contributed by atoms with van der Waals surface area (Å²) in [6.07, 6.45) is 8.73. The molecule has 3 aromatic rings. The molecule has 9 nitrogen and oxygen atoms in total. The van der Waals surface area contributed by atoms with E-state index in [4.69, 9.17) is 9.72 Å². The summed E-state index contributed by atoms with van der Waals surface area (Å²) >= 11 is 0. The van der Waals surface area contributed by atoms with Crippen molar-refractivity contribution in [2.45, 2.75) is 39.2 Å². The molecule has 42 heavy (non-hydrogen) atoms. The molecule has 5 rings (SSSR count). The van der Waals surface area contributed by atoms with Crippen molar-refractivity contribution in [2.75, 3.05) is 36.9 Å². The van der Waals surface area contributed by atoms with Crippen molar-refractivity contribution in [1.82, 2.24) is 20.2 Å². The van der Waals surface area contributed by atoms with E-state index in [1.54, 1.807) is 18.0 Å². The maximum atomic E-state index is 13.1. The summed E-state index contributed by atoms with van der Waals surface area (Å²) in [6.45, 7) is 4.85. The molecule has 0 radical (unpaired) electrons. The van der Waals surface area contributed by atoms with E-state index < -0.39 is 0 Å². The average molecular weight is 565 g/mol. The lowest BCUT2D eigenvalue weighted by atomic mass is 9.93. The van der Waals surface area contributed by atoms with Crippen LogP contribution in [-0.4, -0.2) is 52.9 Å². The summed E-state index contributed by atoms with van der Waals surface area (Å²) in [4.78, 5) is 36.0. The van der Waals surface area contributed by atoms with Crippen LogP contribution in [0.25, 0.3) is 11.3 Å². The van der Waals surface area contributed by atoms with E-state index in [0.29, 0.717) is 50.8 Å². The molecule has 2 amide bonds. The minimum Gasteiger partial charge on any atom is -0.493 e. The fourth-order valence-corrected chi connectivity index (χ4v) is 5.14. The van der Waals surface area contributed by atoms with Crippen LogP contribution in [0.4, 0.5) is 17.3 Å². The molecular formula is C33H36N6O3. The van der Waals surface area contributed by atoms with E-state index in [0.717, 1.165) is 47.5 Å².